The number of rotatable bonds is 15. The average Bonchev–Trinajstić information content (AvgIpc) is 3.48. The standard InChI is InChI=1S/C36H45F2N3O4.ClH/c1-4-12-45-23-32-10-7-11-41(32)36(44)29-14-24(3)13-28(19-29)35(43)40-33(18-27-16-30(37)20-31(38)17-27)34(42)22-39-21-26-9-6-8-25(5-2)15-26;/h6,8-9,13-17,19-20,32-34,39,42H,4-5,7,10-12,18,21-23H2,1-3H3,(H,40,43);1H/t32-,33+,34+;/m1./s1. The van der Waals surface area contributed by atoms with Crippen LogP contribution in [0.15, 0.2) is 60.7 Å². The largest absolute Gasteiger partial charge is 0.390 e. The van der Waals surface area contributed by atoms with Crippen molar-refractivity contribution in [1.82, 2.24) is 15.5 Å². The van der Waals surface area contributed by atoms with Crippen molar-refractivity contribution < 1.29 is 28.2 Å². The minimum Gasteiger partial charge on any atom is -0.390 e. The zero-order valence-corrected chi connectivity index (χ0v) is 27.7. The second kappa shape index (κ2) is 18.1. The van der Waals surface area contributed by atoms with Crippen LogP contribution in [0.25, 0.3) is 0 Å². The van der Waals surface area contributed by atoms with E-state index in [-0.39, 0.29) is 42.9 Å². The Morgan fingerprint density at radius 3 is 2.43 bits per heavy atom. The highest BCUT2D eigenvalue weighted by atomic mass is 35.5. The van der Waals surface area contributed by atoms with Gasteiger partial charge in [0.25, 0.3) is 11.8 Å². The van der Waals surface area contributed by atoms with E-state index in [4.69, 9.17) is 4.74 Å². The summed E-state index contributed by atoms with van der Waals surface area (Å²) >= 11 is 0. The number of nitrogens with zero attached hydrogens (tertiary/aromatic N) is 1. The van der Waals surface area contributed by atoms with E-state index in [9.17, 15) is 23.5 Å². The Bertz CT molecular complexity index is 1440. The zero-order valence-electron chi connectivity index (χ0n) is 26.9. The normalized spacial score (nSPS) is 15.7. The second-order valence-electron chi connectivity index (χ2n) is 11.9. The Morgan fingerprint density at radius 1 is 1.00 bits per heavy atom. The van der Waals surface area contributed by atoms with Crippen molar-refractivity contribution >= 4 is 24.2 Å². The molecule has 3 atom stereocenters. The van der Waals surface area contributed by atoms with Crippen LogP contribution in [0.1, 0.15) is 76.1 Å². The summed E-state index contributed by atoms with van der Waals surface area (Å²) < 4.78 is 33.8. The van der Waals surface area contributed by atoms with E-state index in [1.165, 1.54) is 17.7 Å². The van der Waals surface area contributed by atoms with E-state index >= 15 is 0 Å². The topological polar surface area (TPSA) is 90.9 Å². The molecule has 3 N–H and O–H groups in total. The number of hydrogen-bond donors (Lipinski definition) is 3. The van der Waals surface area contributed by atoms with Crippen LogP contribution >= 0.6 is 12.4 Å². The summed E-state index contributed by atoms with van der Waals surface area (Å²) in [5.41, 5.74) is 3.98. The summed E-state index contributed by atoms with van der Waals surface area (Å²) in [6.45, 7) is 8.33. The number of aliphatic hydroxyl groups is 1. The molecule has 3 aromatic rings. The SMILES string of the molecule is CCCOC[C@H]1CCCN1C(=O)c1cc(C)cc(C(=O)N[C@@H](Cc2cc(F)cc(F)c2)[C@@H](O)CNCc2cccc(CC)c2)c1.Cl. The summed E-state index contributed by atoms with van der Waals surface area (Å²) in [6.07, 6.45) is 2.50. The number of halogens is 3. The highest BCUT2D eigenvalue weighted by molar-refractivity contribution is 6.00. The Balaban J connectivity index is 0.00000576. The molecule has 250 valence electrons. The third-order valence-electron chi connectivity index (χ3n) is 8.12. The molecule has 7 nitrogen and oxygen atoms in total. The van der Waals surface area contributed by atoms with Crippen LogP contribution in [-0.2, 0) is 24.1 Å². The zero-order chi connectivity index (χ0) is 32.3. The fourth-order valence-electron chi connectivity index (χ4n) is 5.83. The van der Waals surface area contributed by atoms with Crippen LogP contribution in [-0.4, -0.2) is 66.3 Å². The molecule has 0 bridgehead atoms. The van der Waals surface area contributed by atoms with E-state index < -0.39 is 29.7 Å². The highest BCUT2D eigenvalue weighted by Crippen LogP contribution is 2.22. The van der Waals surface area contributed by atoms with Gasteiger partial charge in [0.1, 0.15) is 11.6 Å². The molecule has 0 spiro atoms. The third kappa shape index (κ3) is 10.6. The van der Waals surface area contributed by atoms with Crippen LogP contribution < -0.4 is 10.6 Å². The molecule has 0 unspecified atom stereocenters. The van der Waals surface area contributed by atoms with Crippen molar-refractivity contribution in [2.75, 3.05) is 26.3 Å². The molecule has 3 aromatic carbocycles. The second-order valence-corrected chi connectivity index (χ2v) is 11.9. The van der Waals surface area contributed by atoms with E-state index in [1.54, 1.807) is 18.2 Å². The molecule has 0 saturated carbocycles. The first-order valence-corrected chi connectivity index (χ1v) is 15.9. The number of amides is 2. The lowest BCUT2D eigenvalue weighted by Crippen LogP contribution is -2.48. The average molecular weight is 658 g/mol. The molecule has 1 aliphatic rings. The number of likely N-dealkylation sites (tertiary alicyclic amines) is 1. The molecule has 1 saturated heterocycles. The summed E-state index contributed by atoms with van der Waals surface area (Å²) in [5, 5.41) is 17.3. The smallest absolute Gasteiger partial charge is 0.254 e. The lowest BCUT2D eigenvalue weighted by atomic mass is 9.99. The number of carbonyl (C=O) groups excluding carboxylic acids is 2. The van der Waals surface area contributed by atoms with E-state index in [1.807, 2.05) is 30.9 Å². The van der Waals surface area contributed by atoms with Gasteiger partial charge in [-0.25, -0.2) is 8.78 Å². The Labute approximate surface area is 277 Å². The number of ether oxygens (including phenoxy) is 1. The summed E-state index contributed by atoms with van der Waals surface area (Å²) in [5.74, 6) is -2.12. The summed E-state index contributed by atoms with van der Waals surface area (Å²) in [4.78, 5) is 29.0. The molecule has 0 aliphatic carbocycles. The number of benzene rings is 3. The quantitative estimate of drug-likeness (QED) is 0.180. The molecular weight excluding hydrogens is 612 g/mol. The molecule has 46 heavy (non-hydrogen) atoms. The molecule has 1 fully saturated rings. The van der Waals surface area contributed by atoms with Crippen LogP contribution in [0.4, 0.5) is 8.78 Å². The van der Waals surface area contributed by atoms with Crippen molar-refractivity contribution in [2.24, 2.45) is 0 Å². The highest BCUT2D eigenvalue weighted by Gasteiger charge is 2.30. The Kier molecular flexibility index (Phi) is 14.6. The van der Waals surface area contributed by atoms with Gasteiger partial charge in [-0.05, 0) is 91.6 Å². The number of nitrogens with one attached hydrogen (secondary N) is 2. The minimum atomic E-state index is -1.07. The first kappa shape index (κ1) is 37.1. The monoisotopic (exact) mass is 657 g/mol. The van der Waals surface area contributed by atoms with Gasteiger partial charge in [0.05, 0.1) is 24.8 Å². The summed E-state index contributed by atoms with van der Waals surface area (Å²) in [6, 6.07) is 15.4. The van der Waals surface area contributed by atoms with Crippen LogP contribution in [0.3, 0.4) is 0 Å². The van der Waals surface area contributed by atoms with Gasteiger partial charge in [0.2, 0.25) is 0 Å². The van der Waals surface area contributed by atoms with E-state index in [0.29, 0.717) is 37.4 Å². The van der Waals surface area contributed by atoms with Crippen molar-refractivity contribution in [2.45, 2.75) is 77.6 Å². The Morgan fingerprint density at radius 2 is 1.72 bits per heavy atom. The molecule has 0 aromatic heterocycles. The lowest BCUT2D eigenvalue weighted by molar-refractivity contribution is 0.0540. The first-order chi connectivity index (χ1) is 21.7. The van der Waals surface area contributed by atoms with Crippen molar-refractivity contribution in [3.63, 3.8) is 0 Å². The van der Waals surface area contributed by atoms with Crippen molar-refractivity contribution in [3.8, 4) is 0 Å². The molecule has 2 amide bonds. The molecule has 10 heteroatoms. The van der Waals surface area contributed by atoms with Gasteiger partial charge < -0.3 is 25.4 Å². The lowest BCUT2D eigenvalue weighted by Gasteiger charge is -2.26. The van der Waals surface area contributed by atoms with Crippen LogP contribution in [0, 0.1) is 18.6 Å². The number of hydrogen-bond acceptors (Lipinski definition) is 5. The fourth-order valence-corrected chi connectivity index (χ4v) is 5.83. The molecule has 0 radical (unpaired) electrons. The number of aryl methyl sites for hydroxylation is 2. The minimum absolute atomic E-state index is 0. The fraction of sp³-hybridized carbons (Fsp3) is 0.444. The van der Waals surface area contributed by atoms with Gasteiger partial charge in [-0.3, -0.25) is 9.59 Å². The maximum Gasteiger partial charge on any atom is 0.254 e. The third-order valence-corrected chi connectivity index (χ3v) is 8.12. The van der Waals surface area contributed by atoms with Gasteiger partial charge in [0, 0.05) is 43.4 Å². The molecule has 1 aliphatic heterocycles. The maximum atomic E-state index is 14.0. The predicted octanol–water partition coefficient (Wildman–Crippen LogP) is 5.78. The van der Waals surface area contributed by atoms with Gasteiger partial charge in [-0.2, -0.15) is 0 Å². The van der Waals surface area contributed by atoms with Gasteiger partial charge in [0.15, 0.2) is 0 Å². The van der Waals surface area contributed by atoms with Crippen LogP contribution in [0.2, 0.25) is 0 Å². The predicted molar refractivity (Wildman–Crippen MR) is 178 cm³/mol. The van der Waals surface area contributed by atoms with Crippen molar-refractivity contribution in [3.05, 3.63) is 106 Å². The van der Waals surface area contributed by atoms with E-state index in [2.05, 4.69) is 29.7 Å². The van der Waals surface area contributed by atoms with Gasteiger partial charge in [-0.15, -0.1) is 12.4 Å². The first-order valence-electron chi connectivity index (χ1n) is 15.9. The molecule has 1 heterocycles. The van der Waals surface area contributed by atoms with Crippen LogP contribution in [0.5, 0.6) is 0 Å². The summed E-state index contributed by atoms with van der Waals surface area (Å²) in [7, 11) is 0. The van der Waals surface area contributed by atoms with E-state index in [0.717, 1.165) is 42.9 Å². The molecular formula is C36H46ClF2N3O4. The maximum absolute atomic E-state index is 14.0. The Hall–Kier alpha value is -3.37. The van der Waals surface area contributed by atoms with Gasteiger partial charge >= 0.3 is 0 Å². The molecule has 4 rings (SSSR count). The van der Waals surface area contributed by atoms with Gasteiger partial charge in [-0.1, -0.05) is 38.1 Å². The number of aliphatic hydroxyl groups excluding tert-OH is 1. The van der Waals surface area contributed by atoms with Crippen molar-refractivity contribution in [1.29, 1.82) is 0 Å². The number of carbonyl (C=O) groups is 2.